The van der Waals surface area contributed by atoms with E-state index in [1.807, 2.05) is 0 Å². The van der Waals surface area contributed by atoms with Gasteiger partial charge in [0.25, 0.3) is 0 Å². The van der Waals surface area contributed by atoms with Crippen LogP contribution >= 0.6 is 11.6 Å². The molecular weight excluding hydrogens is 216 g/mol. The lowest BCUT2D eigenvalue weighted by atomic mass is 10.0. The summed E-state index contributed by atoms with van der Waals surface area (Å²) < 4.78 is 4.90. The predicted molar refractivity (Wildman–Crippen MR) is 57.9 cm³/mol. The zero-order chi connectivity index (χ0) is 11.4. The van der Waals surface area contributed by atoms with Gasteiger partial charge in [0.15, 0.2) is 0 Å². The summed E-state index contributed by atoms with van der Waals surface area (Å²) in [5.41, 5.74) is 0.737. The third kappa shape index (κ3) is 3.53. The summed E-state index contributed by atoms with van der Waals surface area (Å²) >= 11 is 5.83. The number of carbonyl (C=O) groups is 1. The van der Waals surface area contributed by atoms with Gasteiger partial charge in [0.05, 0.1) is 0 Å². The van der Waals surface area contributed by atoms with Gasteiger partial charge in [0.2, 0.25) is 0 Å². The van der Waals surface area contributed by atoms with Crippen LogP contribution in [0.25, 0.3) is 0 Å². The standard InChI is InChI=1S/C11H12ClO3/c1-7(6-13)9-3-10(12)5-11(4-9)15-8(2)14/h3-5,7,13H,1,6H2,2H3. The highest BCUT2D eigenvalue weighted by atomic mass is 35.5. The van der Waals surface area contributed by atoms with Crippen LogP contribution in [0.1, 0.15) is 18.4 Å². The van der Waals surface area contributed by atoms with Crippen molar-refractivity contribution in [2.45, 2.75) is 12.8 Å². The van der Waals surface area contributed by atoms with E-state index >= 15 is 0 Å². The van der Waals surface area contributed by atoms with Crippen LogP contribution in [0.2, 0.25) is 5.02 Å². The van der Waals surface area contributed by atoms with E-state index in [4.69, 9.17) is 21.4 Å². The Hall–Kier alpha value is -1.06. The Morgan fingerprint density at radius 3 is 2.80 bits per heavy atom. The summed E-state index contributed by atoms with van der Waals surface area (Å²) in [6.07, 6.45) is 0. The molecule has 1 aromatic carbocycles. The summed E-state index contributed by atoms with van der Waals surface area (Å²) in [5, 5.41) is 9.39. The van der Waals surface area contributed by atoms with Crippen molar-refractivity contribution < 1.29 is 14.6 Å². The maximum absolute atomic E-state index is 10.7. The first-order valence-electron chi connectivity index (χ1n) is 4.45. The lowest BCUT2D eigenvalue weighted by molar-refractivity contribution is -0.131. The second-order valence-electron chi connectivity index (χ2n) is 3.19. The Morgan fingerprint density at radius 2 is 2.27 bits per heavy atom. The molecular formula is C11H12ClO3. The molecule has 1 N–H and O–H groups in total. The van der Waals surface area contributed by atoms with Crippen LogP contribution < -0.4 is 4.74 Å². The van der Waals surface area contributed by atoms with Crippen LogP contribution in [0, 0.1) is 6.92 Å². The van der Waals surface area contributed by atoms with E-state index in [2.05, 4.69) is 6.92 Å². The second-order valence-corrected chi connectivity index (χ2v) is 3.63. The molecule has 1 aromatic rings. The van der Waals surface area contributed by atoms with Gasteiger partial charge in [-0.2, -0.15) is 0 Å². The van der Waals surface area contributed by atoms with Crippen LogP contribution in [-0.2, 0) is 4.79 Å². The summed E-state index contributed by atoms with van der Waals surface area (Å²) in [6, 6.07) is 4.86. The van der Waals surface area contributed by atoms with E-state index in [0.29, 0.717) is 10.8 Å². The Balaban J connectivity index is 2.99. The fourth-order valence-electron chi connectivity index (χ4n) is 1.15. The van der Waals surface area contributed by atoms with Gasteiger partial charge in [-0.15, -0.1) is 0 Å². The molecule has 0 aliphatic carbocycles. The van der Waals surface area contributed by atoms with Crippen LogP contribution in [0.15, 0.2) is 18.2 Å². The molecule has 1 atom stereocenters. The Bertz CT molecular complexity index is 363. The van der Waals surface area contributed by atoms with Gasteiger partial charge in [-0.3, -0.25) is 4.79 Å². The third-order valence-electron chi connectivity index (χ3n) is 1.85. The topological polar surface area (TPSA) is 46.5 Å². The average Bonchev–Trinajstić information content (AvgIpc) is 2.14. The normalized spacial score (nSPS) is 12.3. The molecule has 0 bridgehead atoms. The maximum atomic E-state index is 10.7. The quantitative estimate of drug-likeness (QED) is 0.636. The van der Waals surface area contributed by atoms with Crippen molar-refractivity contribution >= 4 is 17.6 Å². The number of hydrogen-bond acceptors (Lipinski definition) is 3. The maximum Gasteiger partial charge on any atom is 0.308 e. The summed E-state index contributed by atoms with van der Waals surface area (Å²) in [7, 11) is 0. The lowest BCUT2D eigenvalue weighted by Crippen LogP contribution is -2.04. The average molecular weight is 228 g/mol. The van der Waals surface area contributed by atoms with Gasteiger partial charge >= 0.3 is 5.97 Å². The molecule has 15 heavy (non-hydrogen) atoms. The Morgan fingerprint density at radius 1 is 1.60 bits per heavy atom. The highest BCUT2D eigenvalue weighted by Crippen LogP contribution is 2.25. The molecule has 0 fully saturated rings. The van der Waals surface area contributed by atoms with Crippen molar-refractivity contribution in [1.29, 1.82) is 0 Å². The molecule has 1 radical (unpaired) electrons. The summed E-state index contributed by atoms with van der Waals surface area (Å²) in [4.78, 5) is 10.7. The van der Waals surface area contributed by atoms with Crippen LogP contribution in [-0.4, -0.2) is 17.7 Å². The first-order chi connectivity index (χ1) is 7.02. The number of hydrogen-bond donors (Lipinski definition) is 1. The van der Waals surface area contributed by atoms with Crippen LogP contribution in [0.3, 0.4) is 0 Å². The molecule has 3 nitrogen and oxygen atoms in total. The smallest absolute Gasteiger partial charge is 0.308 e. The highest BCUT2D eigenvalue weighted by molar-refractivity contribution is 6.30. The molecule has 0 amide bonds. The van der Waals surface area contributed by atoms with Gasteiger partial charge in [-0.05, 0) is 30.7 Å². The molecule has 0 heterocycles. The van der Waals surface area contributed by atoms with Gasteiger partial charge in [0.1, 0.15) is 5.75 Å². The van der Waals surface area contributed by atoms with Crippen molar-refractivity contribution in [3.63, 3.8) is 0 Å². The third-order valence-corrected chi connectivity index (χ3v) is 2.07. The highest BCUT2D eigenvalue weighted by Gasteiger charge is 2.08. The second kappa shape index (κ2) is 5.14. The minimum Gasteiger partial charge on any atom is -0.427 e. The zero-order valence-electron chi connectivity index (χ0n) is 8.37. The Labute approximate surface area is 93.6 Å². The molecule has 0 saturated carbocycles. The van der Waals surface area contributed by atoms with E-state index in [0.717, 1.165) is 5.56 Å². The molecule has 4 heteroatoms. The number of esters is 1. The number of aliphatic hydroxyl groups excluding tert-OH is 1. The zero-order valence-corrected chi connectivity index (χ0v) is 9.12. The lowest BCUT2D eigenvalue weighted by Gasteiger charge is -2.10. The molecule has 1 rings (SSSR count). The minimum atomic E-state index is -0.409. The van der Waals surface area contributed by atoms with Crippen molar-refractivity contribution in [2.75, 3.05) is 6.61 Å². The fraction of sp³-hybridized carbons (Fsp3) is 0.273. The monoisotopic (exact) mass is 227 g/mol. The van der Waals surface area contributed by atoms with Gasteiger partial charge in [0, 0.05) is 24.5 Å². The molecule has 0 aromatic heterocycles. The van der Waals surface area contributed by atoms with Gasteiger partial charge in [-0.25, -0.2) is 0 Å². The molecule has 0 spiro atoms. The molecule has 0 saturated heterocycles. The van der Waals surface area contributed by atoms with E-state index in [1.54, 1.807) is 12.1 Å². The van der Waals surface area contributed by atoms with Gasteiger partial charge < -0.3 is 9.84 Å². The number of aliphatic hydroxyl groups is 1. The number of benzene rings is 1. The van der Waals surface area contributed by atoms with E-state index in [-0.39, 0.29) is 12.5 Å². The van der Waals surface area contributed by atoms with Gasteiger partial charge in [-0.1, -0.05) is 11.6 Å². The van der Waals surface area contributed by atoms with Crippen molar-refractivity contribution in [2.24, 2.45) is 0 Å². The van der Waals surface area contributed by atoms with Crippen LogP contribution in [0.5, 0.6) is 5.75 Å². The van der Waals surface area contributed by atoms with Crippen molar-refractivity contribution in [1.82, 2.24) is 0 Å². The molecule has 0 aliphatic heterocycles. The Kier molecular flexibility index (Phi) is 4.12. The molecule has 0 aliphatic rings. The first kappa shape index (κ1) is 12.0. The first-order valence-corrected chi connectivity index (χ1v) is 4.83. The largest absolute Gasteiger partial charge is 0.427 e. The van der Waals surface area contributed by atoms with E-state index in [9.17, 15) is 4.79 Å². The SMILES string of the molecule is [CH2]C(CO)c1cc(Cl)cc(OC(C)=O)c1. The molecule has 1 unspecified atom stereocenters. The summed E-state index contributed by atoms with van der Waals surface area (Å²) in [5.74, 6) is -0.321. The predicted octanol–water partition coefficient (Wildman–Crippen LogP) is 2.18. The minimum absolute atomic E-state index is 0.0835. The number of rotatable bonds is 3. The van der Waals surface area contributed by atoms with E-state index < -0.39 is 5.97 Å². The van der Waals surface area contributed by atoms with Crippen molar-refractivity contribution in [3.05, 3.63) is 35.7 Å². The number of halogens is 1. The van der Waals surface area contributed by atoms with E-state index in [1.165, 1.54) is 13.0 Å². The van der Waals surface area contributed by atoms with Crippen molar-refractivity contribution in [3.8, 4) is 5.75 Å². The summed E-state index contributed by atoms with van der Waals surface area (Å²) in [6.45, 7) is 4.97. The number of carbonyl (C=O) groups excluding carboxylic acids is 1. The fourth-order valence-corrected chi connectivity index (χ4v) is 1.38. The molecule has 81 valence electrons. The van der Waals surface area contributed by atoms with Crippen LogP contribution in [0.4, 0.5) is 0 Å². The number of ether oxygens (including phenoxy) is 1.